The van der Waals surface area contributed by atoms with Gasteiger partial charge >= 0.3 is 17.9 Å². The van der Waals surface area contributed by atoms with E-state index in [1.54, 1.807) is 0 Å². The van der Waals surface area contributed by atoms with Gasteiger partial charge in [-0.1, -0.05) is 271 Å². The Morgan fingerprint density at radius 3 is 0.667 bits per heavy atom. The zero-order chi connectivity index (χ0) is 43.7. The number of carbonyl (C=O) groups is 3. The van der Waals surface area contributed by atoms with Crippen LogP contribution in [-0.4, -0.2) is 37.2 Å². The van der Waals surface area contributed by atoms with Crippen molar-refractivity contribution in [2.75, 3.05) is 13.2 Å². The van der Waals surface area contributed by atoms with Crippen LogP contribution in [0.1, 0.15) is 310 Å². The highest BCUT2D eigenvalue weighted by Gasteiger charge is 2.19. The van der Waals surface area contributed by atoms with Gasteiger partial charge in [-0.3, -0.25) is 14.4 Å². The number of rotatable bonds is 50. The minimum atomic E-state index is -0.759. The standard InChI is InChI=1S/C54H104O6/c1-4-7-10-13-16-19-22-24-26-27-29-31-33-36-39-42-45-48-54(57)60-51(49-58-52(55)46-43-40-37-34-21-18-15-12-9-6-3)50-59-53(56)47-44-41-38-35-32-30-28-25-23-20-17-14-11-8-5-2/h51H,4-50H2,1-3H3/t51-/m0/s1. The van der Waals surface area contributed by atoms with Crippen LogP contribution in [0.2, 0.25) is 0 Å². The van der Waals surface area contributed by atoms with E-state index in [1.807, 2.05) is 0 Å². The van der Waals surface area contributed by atoms with Crippen LogP contribution in [-0.2, 0) is 28.6 Å². The van der Waals surface area contributed by atoms with Crippen LogP contribution in [0.3, 0.4) is 0 Å². The van der Waals surface area contributed by atoms with Crippen molar-refractivity contribution < 1.29 is 28.6 Å². The van der Waals surface area contributed by atoms with E-state index < -0.39 is 6.10 Å². The summed E-state index contributed by atoms with van der Waals surface area (Å²) in [4.78, 5) is 37.9. The summed E-state index contributed by atoms with van der Waals surface area (Å²) in [7, 11) is 0. The average Bonchev–Trinajstić information content (AvgIpc) is 3.24. The van der Waals surface area contributed by atoms with Gasteiger partial charge in [0.2, 0.25) is 0 Å². The number of esters is 3. The maximum absolute atomic E-state index is 12.8. The molecule has 0 aliphatic carbocycles. The second-order valence-corrected chi connectivity index (χ2v) is 18.5. The molecular formula is C54H104O6. The number of hydrogen-bond donors (Lipinski definition) is 0. The van der Waals surface area contributed by atoms with Crippen molar-refractivity contribution in [3.63, 3.8) is 0 Å². The molecule has 0 aliphatic rings. The predicted molar refractivity (Wildman–Crippen MR) is 257 cm³/mol. The topological polar surface area (TPSA) is 78.9 Å². The van der Waals surface area contributed by atoms with Gasteiger partial charge < -0.3 is 14.2 Å². The Morgan fingerprint density at radius 2 is 0.450 bits per heavy atom. The molecule has 0 radical (unpaired) electrons. The lowest BCUT2D eigenvalue weighted by Gasteiger charge is -2.18. The lowest BCUT2D eigenvalue weighted by molar-refractivity contribution is -0.167. The molecule has 0 aromatic rings. The van der Waals surface area contributed by atoms with Crippen LogP contribution >= 0.6 is 0 Å². The van der Waals surface area contributed by atoms with E-state index in [0.29, 0.717) is 19.3 Å². The zero-order valence-corrected chi connectivity index (χ0v) is 40.8. The van der Waals surface area contributed by atoms with Crippen LogP contribution in [0.25, 0.3) is 0 Å². The van der Waals surface area contributed by atoms with Gasteiger partial charge in [-0.2, -0.15) is 0 Å². The number of ether oxygens (including phenoxy) is 3. The highest BCUT2D eigenvalue weighted by atomic mass is 16.6. The van der Waals surface area contributed by atoms with Crippen molar-refractivity contribution in [1.82, 2.24) is 0 Å². The predicted octanol–water partition coefficient (Wildman–Crippen LogP) is 17.6. The molecule has 0 fully saturated rings. The Hall–Kier alpha value is -1.59. The minimum Gasteiger partial charge on any atom is -0.462 e. The number of unbranched alkanes of at least 4 members (excludes halogenated alkanes) is 39. The smallest absolute Gasteiger partial charge is 0.306 e. The summed E-state index contributed by atoms with van der Waals surface area (Å²) in [6.45, 7) is 6.68. The van der Waals surface area contributed by atoms with Gasteiger partial charge in [-0.25, -0.2) is 0 Å². The number of hydrogen-bond acceptors (Lipinski definition) is 6. The summed E-state index contributed by atoms with van der Waals surface area (Å²) in [6, 6.07) is 0. The largest absolute Gasteiger partial charge is 0.462 e. The fraction of sp³-hybridized carbons (Fsp3) is 0.944. The summed E-state index contributed by atoms with van der Waals surface area (Å²) in [6.07, 6.45) is 53.7. The molecule has 0 rings (SSSR count). The molecule has 0 aromatic carbocycles. The molecule has 6 nitrogen and oxygen atoms in total. The molecule has 0 unspecified atom stereocenters. The van der Waals surface area contributed by atoms with Crippen molar-refractivity contribution in [1.29, 1.82) is 0 Å². The quantitative estimate of drug-likeness (QED) is 0.0345. The third-order valence-corrected chi connectivity index (χ3v) is 12.4. The van der Waals surface area contributed by atoms with Crippen molar-refractivity contribution in [3.05, 3.63) is 0 Å². The van der Waals surface area contributed by atoms with Gasteiger partial charge in [0.1, 0.15) is 13.2 Å². The molecule has 0 amide bonds. The van der Waals surface area contributed by atoms with Crippen molar-refractivity contribution in [2.24, 2.45) is 0 Å². The van der Waals surface area contributed by atoms with E-state index in [0.717, 1.165) is 57.8 Å². The second kappa shape index (κ2) is 50.1. The fourth-order valence-corrected chi connectivity index (χ4v) is 8.27. The molecule has 0 saturated heterocycles. The molecule has 0 aliphatic heterocycles. The van der Waals surface area contributed by atoms with Gasteiger partial charge in [-0.05, 0) is 19.3 Å². The second-order valence-electron chi connectivity index (χ2n) is 18.5. The Morgan fingerprint density at radius 1 is 0.267 bits per heavy atom. The Kier molecular flexibility index (Phi) is 48.7. The van der Waals surface area contributed by atoms with Gasteiger partial charge in [0, 0.05) is 19.3 Å². The first-order chi connectivity index (χ1) is 29.5. The lowest BCUT2D eigenvalue weighted by Crippen LogP contribution is -2.30. The van der Waals surface area contributed by atoms with E-state index in [2.05, 4.69) is 20.8 Å². The van der Waals surface area contributed by atoms with Crippen molar-refractivity contribution in [2.45, 2.75) is 316 Å². The summed E-state index contributed by atoms with van der Waals surface area (Å²) < 4.78 is 16.8. The highest BCUT2D eigenvalue weighted by Crippen LogP contribution is 2.17. The third kappa shape index (κ3) is 47.5. The molecule has 0 saturated carbocycles. The van der Waals surface area contributed by atoms with Crippen molar-refractivity contribution >= 4 is 17.9 Å². The molecule has 6 heteroatoms. The molecule has 0 heterocycles. The lowest BCUT2D eigenvalue weighted by atomic mass is 10.0. The van der Waals surface area contributed by atoms with E-state index in [-0.39, 0.29) is 31.1 Å². The summed E-state index contributed by atoms with van der Waals surface area (Å²) >= 11 is 0. The first kappa shape index (κ1) is 58.4. The maximum Gasteiger partial charge on any atom is 0.306 e. The maximum atomic E-state index is 12.8. The normalized spacial score (nSPS) is 11.8. The summed E-state index contributed by atoms with van der Waals surface area (Å²) in [5, 5.41) is 0. The van der Waals surface area contributed by atoms with Gasteiger partial charge in [0.05, 0.1) is 0 Å². The Labute approximate surface area is 374 Å². The van der Waals surface area contributed by atoms with Crippen LogP contribution in [0.4, 0.5) is 0 Å². The minimum absolute atomic E-state index is 0.0616. The summed E-state index contributed by atoms with van der Waals surface area (Å²) in [5.74, 6) is -0.839. The Balaban J connectivity index is 4.26. The fourth-order valence-electron chi connectivity index (χ4n) is 8.27. The van der Waals surface area contributed by atoms with E-state index >= 15 is 0 Å². The molecule has 356 valence electrons. The first-order valence-electron chi connectivity index (χ1n) is 27.0. The van der Waals surface area contributed by atoms with Crippen LogP contribution in [0, 0.1) is 0 Å². The molecular weight excluding hydrogens is 745 g/mol. The van der Waals surface area contributed by atoms with Gasteiger partial charge in [0.15, 0.2) is 6.10 Å². The van der Waals surface area contributed by atoms with E-state index in [1.165, 1.54) is 212 Å². The molecule has 0 N–H and O–H groups in total. The molecule has 1 atom stereocenters. The monoisotopic (exact) mass is 849 g/mol. The van der Waals surface area contributed by atoms with Gasteiger partial charge in [-0.15, -0.1) is 0 Å². The average molecular weight is 849 g/mol. The van der Waals surface area contributed by atoms with E-state index in [9.17, 15) is 14.4 Å². The molecule has 0 bridgehead atoms. The summed E-state index contributed by atoms with van der Waals surface area (Å²) in [5.41, 5.74) is 0. The Bertz CT molecular complexity index is 889. The van der Waals surface area contributed by atoms with Crippen LogP contribution in [0.15, 0.2) is 0 Å². The highest BCUT2D eigenvalue weighted by molar-refractivity contribution is 5.71. The third-order valence-electron chi connectivity index (χ3n) is 12.4. The molecule has 0 spiro atoms. The zero-order valence-electron chi connectivity index (χ0n) is 40.8. The SMILES string of the molecule is CCCCCCCCCCCCCCCCCCCC(=O)O[C@@H](COC(=O)CCCCCCCCCCCC)COC(=O)CCCCCCCCCCCCCCCCC. The molecule has 0 aromatic heterocycles. The van der Waals surface area contributed by atoms with Crippen LogP contribution < -0.4 is 0 Å². The first-order valence-corrected chi connectivity index (χ1v) is 27.0. The number of carbonyl (C=O) groups excluding carboxylic acids is 3. The molecule has 60 heavy (non-hydrogen) atoms. The van der Waals surface area contributed by atoms with Crippen LogP contribution in [0.5, 0.6) is 0 Å². The van der Waals surface area contributed by atoms with Gasteiger partial charge in [0.25, 0.3) is 0 Å². The van der Waals surface area contributed by atoms with Crippen molar-refractivity contribution in [3.8, 4) is 0 Å². The van der Waals surface area contributed by atoms with E-state index in [4.69, 9.17) is 14.2 Å².